The van der Waals surface area contributed by atoms with Crippen molar-refractivity contribution in [3.63, 3.8) is 0 Å². The minimum Gasteiger partial charge on any atom is -0.494 e. The summed E-state index contributed by atoms with van der Waals surface area (Å²) in [5.74, 6) is 1.12. The molecule has 2 atom stereocenters. The van der Waals surface area contributed by atoms with Crippen molar-refractivity contribution in [2.75, 3.05) is 11.9 Å². The molecule has 0 bridgehead atoms. The van der Waals surface area contributed by atoms with Crippen molar-refractivity contribution in [2.45, 2.75) is 44.6 Å². The van der Waals surface area contributed by atoms with Crippen molar-refractivity contribution >= 4 is 51.0 Å². The van der Waals surface area contributed by atoms with Gasteiger partial charge in [0, 0.05) is 33.3 Å². The zero-order valence-electron chi connectivity index (χ0n) is 21.3. The van der Waals surface area contributed by atoms with E-state index < -0.39 is 0 Å². The lowest BCUT2D eigenvalue weighted by molar-refractivity contribution is -0.116. The topological polar surface area (TPSA) is 38.3 Å². The van der Waals surface area contributed by atoms with Gasteiger partial charge in [-0.3, -0.25) is 4.79 Å². The lowest BCUT2D eigenvalue weighted by atomic mass is 9.71. The van der Waals surface area contributed by atoms with E-state index >= 15 is 0 Å². The van der Waals surface area contributed by atoms with Gasteiger partial charge < -0.3 is 10.1 Å². The summed E-state index contributed by atoms with van der Waals surface area (Å²) in [6, 6.07) is 26.1. The second kappa shape index (κ2) is 10.5. The lowest BCUT2D eigenvalue weighted by Crippen LogP contribution is -2.29. The van der Waals surface area contributed by atoms with E-state index in [1.165, 1.54) is 0 Å². The van der Waals surface area contributed by atoms with Crippen molar-refractivity contribution in [3.05, 3.63) is 111 Å². The molecule has 1 aliphatic heterocycles. The molecule has 0 saturated heterocycles. The highest BCUT2D eigenvalue weighted by molar-refractivity contribution is 6.35. The quantitative estimate of drug-likeness (QED) is 0.247. The molecule has 0 radical (unpaired) electrons. The van der Waals surface area contributed by atoms with Crippen LogP contribution < -0.4 is 10.1 Å². The Hall–Kier alpha value is -3.27. The Labute approximate surface area is 233 Å². The summed E-state index contributed by atoms with van der Waals surface area (Å²) in [6.07, 6.45) is 3.38. The van der Waals surface area contributed by atoms with Crippen LogP contribution in [0, 0.1) is 0 Å². The molecule has 1 aliphatic carbocycles. The monoisotopic (exact) mass is 541 g/mol. The van der Waals surface area contributed by atoms with Gasteiger partial charge in [0.05, 0.1) is 12.6 Å². The molecule has 0 aromatic heterocycles. The number of Topliss-reactive ketones (excluding diaryl/α,β-unsaturated/α-hetero) is 1. The summed E-state index contributed by atoms with van der Waals surface area (Å²) in [5.41, 5.74) is 6.09. The average Bonchev–Trinajstić information content (AvgIpc) is 2.93. The van der Waals surface area contributed by atoms with Gasteiger partial charge in [-0.25, -0.2) is 0 Å². The number of unbranched alkanes of at least 4 members (excludes halogenated alkanes) is 1. The lowest BCUT2D eigenvalue weighted by Gasteiger charge is -2.38. The fourth-order valence-electron chi connectivity index (χ4n) is 5.82. The third-order valence-corrected chi connectivity index (χ3v) is 8.28. The van der Waals surface area contributed by atoms with Crippen LogP contribution in [-0.4, -0.2) is 12.4 Å². The molecule has 192 valence electrons. The number of hydrogen-bond acceptors (Lipinski definition) is 3. The molecule has 4 aromatic rings. The van der Waals surface area contributed by atoms with Crippen LogP contribution in [0.4, 0.5) is 5.69 Å². The number of ether oxygens (including phenoxy) is 1. The molecule has 0 spiro atoms. The number of ketones is 1. The highest BCUT2D eigenvalue weighted by Crippen LogP contribution is 2.51. The molecule has 0 amide bonds. The van der Waals surface area contributed by atoms with Gasteiger partial charge in [0.15, 0.2) is 5.78 Å². The standard InChI is InChI=1S/C33H29Cl2NO2/c1-2-3-16-38-24-12-8-20(9-13-24)22-17-27-31-25-7-5-4-6-21(25)10-15-29(31)36-33(32(27)30(37)18-22)26-14-11-23(34)19-28(26)35/h4-15,19,22,33,36H,2-3,16-18H2,1H3/t22-,33+/m0/s1. The summed E-state index contributed by atoms with van der Waals surface area (Å²) in [7, 11) is 0. The van der Waals surface area contributed by atoms with Gasteiger partial charge in [-0.1, -0.05) is 85.1 Å². The molecular formula is C33H29Cl2NO2. The van der Waals surface area contributed by atoms with Crippen molar-refractivity contribution in [3.8, 4) is 5.75 Å². The third-order valence-electron chi connectivity index (χ3n) is 7.72. The predicted molar refractivity (Wildman–Crippen MR) is 158 cm³/mol. The van der Waals surface area contributed by atoms with E-state index in [0.717, 1.165) is 75.9 Å². The van der Waals surface area contributed by atoms with Gasteiger partial charge in [0.2, 0.25) is 0 Å². The Kier molecular flexibility index (Phi) is 6.90. The Morgan fingerprint density at radius 1 is 0.947 bits per heavy atom. The van der Waals surface area contributed by atoms with Crippen molar-refractivity contribution in [2.24, 2.45) is 0 Å². The number of carbonyl (C=O) groups is 1. The second-order valence-electron chi connectivity index (χ2n) is 10.1. The fourth-order valence-corrected chi connectivity index (χ4v) is 6.34. The Morgan fingerprint density at radius 2 is 1.76 bits per heavy atom. The van der Waals surface area contributed by atoms with Gasteiger partial charge >= 0.3 is 0 Å². The number of halogens is 2. The number of carbonyl (C=O) groups excluding carboxylic acids is 1. The zero-order chi connectivity index (χ0) is 26.2. The van der Waals surface area contributed by atoms with E-state index in [1.807, 2.05) is 24.3 Å². The molecule has 0 unspecified atom stereocenters. The molecule has 38 heavy (non-hydrogen) atoms. The minimum absolute atomic E-state index is 0.0946. The summed E-state index contributed by atoms with van der Waals surface area (Å²) in [6.45, 7) is 2.88. The zero-order valence-corrected chi connectivity index (χ0v) is 22.8. The van der Waals surface area contributed by atoms with Crippen LogP contribution in [0.2, 0.25) is 10.0 Å². The van der Waals surface area contributed by atoms with Gasteiger partial charge in [0.1, 0.15) is 5.75 Å². The Balaban J connectivity index is 1.45. The van der Waals surface area contributed by atoms with E-state index in [4.69, 9.17) is 27.9 Å². The molecular weight excluding hydrogens is 513 g/mol. The molecule has 1 heterocycles. The SMILES string of the molecule is CCCCOc1ccc([C@@H]2CC(=O)C3=C(C2)c2c(ccc4ccccc24)N[C@@H]3c2ccc(Cl)cc2Cl)cc1. The van der Waals surface area contributed by atoms with Crippen LogP contribution in [-0.2, 0) is 4.79 Å². The van der Waals surface area contributed by atoms with E-state index in [-0.39, 0.29) is 17.7 Å². The second-order valence-corrected chi connectivity index (χ2v) is 11.0. The first-order valence-electron chi connectivity index (χ1n) is 13.3. The number of allylic oxidation sites excluding steroid dienone is 1. The normalized spacial score (nSPS) is 18.7. The molecule has 6 rings (SSSR count). The first kappa shape index (κ1) is 25.0. The van der Waals surface area contributed by atoms with Gasteiger partial charge in [0.25, 0.3) is 0 Å². The third kappa shape index (κ3) is 4.59. The van der Waals surface area contributed by atoms with Gasteiger partial charge in [-0.05, 0) is 76.6 Å². The number of anilines is 1. The van der Waals surface area contributed by atoms with Crippen molar-refractivity contribution < 1.29 is 9.53 Å². The van der Waals surface area contributed by atoms with Crippen LogP contribution in [0.1, 0.15) is 61.3 Å². The molecule has 3 nitrogen and oxygen atoms in total. The van der Waals surface area contributed by atoms with Crippen LogP contribution in [0.5, 0.6) is 5.75 Å². The van der Waals surface area contributed by atoms with E-state index in [0.29, 0.717) is 16.5 Å². The maximum atomic E-state index is 14.0. The number of nitrogens with one attached hydrogen (secondary N) is 1. The molecule has 5 heteroatoms. The summed E-state index contributed by atoms with van der Waals surface area (Å²) >= 11 is 12.9. The van der Waals surface area contributed by atoms with Gasteiger partial charge in [-0.15, -0.1) is 0 Å². The molecule has 0 saturated carbocycles. The first-order valence-corrected chi connectivity index (χ1v) is 14.0. The van der Waals surface area contributed by atoms with E-state index in [2.05, 4.69) is 60.8 Å². The Bertz CT molecular complexity index is 1560. The number of hydrogen-bond donors (Lipinski definition) is 1. The Morgan fingerprint density at radius 3 is 2.55 bits per heavy atom. The summed E-state index contributed by atoms with van der Waals surface area (Å²) in [4.78, 5) is 14.0. The first-order chi connectivity index (χ1) is 18.5. The van der Waals surface area contributed by atoms with Crippen LogP contribution in [0.25, 0.3) is 16.3 Å². The largest absolute Gasteiger partial charge is 0.494 e. The van der Waals surface area contributed by atoms with Crippen LogP contribution in [0.15, 0.2) is 84.4 Å². The number of rotatable bonds is 6. The minimum atomic E-state index is -0.328. The maximum Gasteiger partial charge on any atom is 0.162 e. The van der Waals surface area contributed by atoms with E-state index in [1.54, 1.807) is 6.07 Å². The number of benzene rings is 4. The van der Waals surface area contributed by atoms with Crippen molar-refractivity contribution in [1.29, 1.82) is 0 Å². The van der Waals surface area contributed by atoms with E-state index in [9.17, 15) is 4.79 Å². The smallest absolute Gasteiger partial charge is 0.162 e. The molecule has 2 aliphatic rings. The summed E-state index contributed by atoms with van der Waals surface area (Å²) in [5, 5.41) is 7.10. The predicted octanol–water partition coefficient (Wildman–Crippen LogP) is 9.39. The van der Waals surface area contributed by atoms with Crippen LogP contribution in [0.3, 0.4) is 0 Å². The highest BCUT2D eigenvalue weighted by Gasteiger charge is 2.39. The van der Waals surface area contributed by atoms with Crippen LogP contribution >= 0.6 is 23.2 Å². The molecule has 1 N–H and O–H groups in total. The summed E-state index contributed by atoms with van der Waals surface area (Å²) < 4.78 is 5.87. The number of fused-ring (bicyclic) bond motifs is 4. The maximum absolute atomic E-state index is 14.0. The molecule has 0 fully saturated rings. The van der Waals surface area contributed by atoms with Gasteiger partial charge in [-0.2, -0.15) is 0 Å². The average molecular weight is 543 g/mol. The molecule has 4 aromatic carbocycles. The fraction of sp³-hybridized carbons (Fsp3) is 0.242. The highest BCUT2D eigenvalue weighted by atomic mass is 35.5. The van der Waals surface area contributed by atoms with Crippen molar-refractivity contribution in [1.82, 2.24) is 0 Å².